The van der Waals surface area contributed by atoms with Crippen LogP contribution in [0.2, 0.25) is 0 Å². The Morgan fingerprint density at radius 1 is 1.19 bits per heavy atom. The standard InChI is InChI=1S/C24H26N2O4S/c1-25-18-10-9-17-19-14-15-8-11-20(29-2)22-21(15)24(17,23(18)30-22)12-13-26(19)31(27,28)16-6-4-3-5-7-16/h3-9,11,18-19,23,25H,10,12-14H2,1-2H3/t18-,19+,23+,24+/m1/s1. The van der Waals surface area contributed by atoms with Gasteiger partial charge in [-0.25, -0.2) is 8.42 Å². The highest BCUT2D eigenvalue weighted by Gasteiger charge is 2.64. The van der Waals surface area contributed by atoms with Gasteiger partial charge in [0.05, 0.1) is 23.5 Å². The van der Waals surface area contributed by atoms with Crippen molar-refractivity contribution in [2.24, 2.45) is 0 Å². The summed E-state index contributed by atoms with van der Waals surface area (Å²) in [6.07, 6.45) is 4.39. The molecule has 4 atom stereocenters. The van der Waals surface area contributed by atoms with Gasteiger partial charge in [0.1, 0.15) is 6.10 Å². The minimum atomic E-state index is -3.59. The molecule has 0 aromatic heterocycles. The van der Waals surface area contributed by atoms with Crippen molar-refractivity contribution in [3.8, 4) is 11.5 Å². The first-order chi connectivity index (χ1) is 15.0. The normalized spacial score (nSPS) is 30.9. The highest BCUT2D eigenvalue weighted by Crippen LogP contribution is 2.62. The first-order valence-corrected chi connectivity index (χ1v) is 12.3. The van der Waals surface area contributed by atoms with Crippen LogP contribution in [0.5, 0.6) is 11.5 Å². The number of ether oxygens (including phenoxy) is 2. The lowest BCUT2D eigenvalue weighted by atomic mass is 9.56. The first-order valence-electron chi connectivity index (χ1n) is 10.8. The average molecular weight is 439 g/mol. The second kappa shape index (κ2) is 6.58. The van der Waals surface area contributed by atoms with Crippen LogP contribution in [0.1, 0.15) is 24.0 Å². The monoisotopic (exact) mass is 438 g/mol. The van der Waals surface area contributed by atoms with Gasteiger partial charge in [-0.2, -0.15) is 4.31 Å². The Kier molecular flexibility index (Phi) is 4.10. The van der Waals surface area contributed by atoms with Gasteiger partial charge in [-0.15, -0.1) is 0 Å². The third-order valence-corrected chi connectivity index (χ3v) is 9.57. The topological polar surface area (TPSA) is 67.9 Å². The van der Waals surface area contributed by atoms with Gasteiger partial charge < -0.3 is 14.8 Å². The molecular formula is C24H26N2O4S. The molecule has 2 bridgehead atoms. The lowest BCUT2D eigenvalue weighted by Gasteiger charge is -2.54. The Morgan fingerprint density at radius 3 is 2.74 bits per heavy atom. The van der Waals surface area contributed by atoms with Gasteiger partial charge in [-0.05, 0) is 55.6 Å². The van der Waals surface area contributed by atoms with Gasteiger partial charge in [-0.3, -0.25) is 0 Å². The van der Waals surface area contributed by atoms with Gasteiger partial charge >= 0.3 is 0 Å². The largest absolute Gasteiger partial charge is 0.493 e. The zero-order valence-corrected chi connectivity index (χ0v) is 18.5. The molecule has 0 amide bonds. The molecule has 1 saturated heterocycles. The Hall–Kier alpha value is -2.35. The molecule has 1 N–H and O–H groups in total. The number of benzene rings is 2. The SMILES string of the molecule is CN[C@@H]1CC=C2[C@@H]3Cc4ccc(OC)c5c4[C@@]2(CCN3S(=O)(=O)c2ccccc2)[C@H]1O5. The molecule has 7 heteroatoms. The quantitative estimate of drug-likeness (QED) is 0.744. The summed E-state index contributed by atoms with van der Waals surface area (Å²) in [6.45, 7) is 0.478. The summed E-state index contributed by atoms with van der Waals surface area (Å²) in [4.78, 5) is 0.357. The number of likely N-dealkylation sites (N-methyl/N-ethyl adjacent to an activating group) is 1. The van der Waals surface area contributed by atoms with Crippen LogP contribution in [0.25, 0.3) is 0 Å². The number of nitrogens with zero attached hydrogens (tertiary/aromatic N) is 1. The van der Waals surface area contributed by atoms with E-state index in [1.807, 2.05) is 19.2 Å². The second-order valence-corrected chi connectivity index (χ2v) is 10.7. The van der Waals surface area contributed by atoms with E-state index in [0.717, 1.165) is 17.9 Å². The Morgan fingerprint density at radius 2 is 2.00 bits per heavy atom. The molecule has 1 fully saturated rings. The lowest BCUT2D eigenvalue weighted by molar-refractivity contribution is 0.0752. The van der Waals surface area contributed by atoms with Gasteiger partial charge in [0.15, 0.2) is 11.5 Å². The van der Waals surface area contributed by atoms with Crippen molar-refractivity contribution >= 4 is 10.0 Å². The van der Waals surface area contributed by atoms with E-state index in [0.29, 0.717) is 24.3 Å². The number of rotatable bonds is 4. The molecule has 6 nitrogen and oxygen atoms in total. The van der Waals surface area contributed by atoms with Crippen LogP contribution in [0, 0.1) is 0 Å². The maximum absolute atomic E-state index is 13.6. The van der Waals surface area contributed by atoms with Crippen molar-refractivity contribution in [3.63, 3.8) is 0 Å². The molecule has 1 spiro atoms. The first kappa shape index (κ1) is 19.3. The van der Waals surface area contributed by atoms with Crippen molar-refractivity contribution in [1.29, 1.82) is 0 Å². The molecule has 6 rings (SSSR count). The predicted octanol–water partition coefficient (Wildman–Crippen LogP) is 2.63. The van der Waals surface area contributed by atoms with Crippen molar-refractivity contribution in [2.75, 3.05) is 20.7 Å². The molecule has 162 valence electrons. The number of methoxy groups -OCH3 is 1. The highest BCUT2D eigenvalue weighted by atomic mass is 32.2. The van der Waals surface area contributed by atoms with Crippen LogP contribution in [0.3, 0.4) is 0 Å². The van der Waals surface area contributed by atoms with E-state index in [2.05, 4.69) is 17.5 Å². The van der Waals surface area contributed by atoms with E-state index in [1.54, 1.807) is 35.7 Å². The van der Waals surface area contributed by atoms with E-state index in [1.165, 1.54) is 16.7 Å². The maximum atomic E-state index is 13.6. The predicted molar refractivity (Wildman–Crippen MR) is 117 cm³/mol. The molecule has 2 aromatic rings. The number of nitrogens with one attached hydrogen (secondary N) is 1. The number of piperidine rings is 1. The second-order valence-electron chi connectivity index (χ2n) is 8.83. The highest BCUT2D eigenvalue weighted by molar-refractivity contribution is 7.89. The van der Waals surface area contributed by atoms with E-state index in [9.17, 15) is 8.42 Å². The number of hydrogen-bond donors (Lipinski definition) is 1. The van der Waals surface area contributed by atoms with Crippen LogP contribution in [-0.2, 0) is 21.9 Å². The fourth-order valence-corrected chi connectivity index (χ4v) is 7.98. The fraction of sp³-hybridized carbons (Fsp3) is 0.417. The van der Waals surface area contributed by atoms with Crippen LogP contribution in [0.15, 0.2) is 59.0 Å². The molecule has 2 heterocycles. The van der Waals surface area contributed by atoms with Crippen molar-refractivity contribution in [3.05, 3.63) is 65.2 Å². The molecule has 4 aliphatic rings. The summed E-state index contributed by atoms with van der Waals surface area (Å²) in [5, 5.41) is 3.43. The maximum Gasteiger partial charge on any atom is 0.243 e. The zero-order valence-electron chi connectivity index (χ0n) is 17.7. The van der Waals surface area contributed by atoms with E-state index >= 15 is 0 Å². The Bertz CT molecular complexity index is 1190. The van der Waals surface area contributed by atoms with E-state index in [-0.39, 0.29) is 23.6 Å². The minimum absolute atomic E-state index is 0.0630. The van der Waals surface area contributed by atoms with Gasteiger partial charge in [0.2, 0.25) is 10.0 Å². The number of hydrogen-bond acceptors (Lipinski definition) is 5. The van der Waals surface area contributed by atoms with Crippen molar-refractivity contribution in [2.45, 2.75) is 47.8 Å². The van der Waals surface area contributed by atoms with Gasteiger partial charge in [-0.1, -0.05) is 30.3 Å². The minimum Gasteiger partial charge on any atom is -0.493 e. The molecular weight excluding hydrogens is 412 g/mol. The zero-order chi connectivity index (χ0) is 21.4. The van der Waals surface area contributed by atoms with Crippen molar-refractivity contribution < 1.29 is 17.9 Å². The van der Waals surface area contributed by atoms with Crippen LogP contribution < -0.4 is 14.8 Å². The smallest absolute Gasteiger partial charge is 0.243 e. The summed E-state index contributed by atoms with van der Waals surface area (Å²) in [5.41, 5.74) is 3.30. The Balaban J connectivity index is 1.55. The van der Waals surface area contributed by atoms with Crippen LogP contribution >= 0.6 is 0 Å². The third kappa shape index (κ3) is 2.37. The third-order valence-electron chi connectivity index (χ3n) is 7.64. The van der Waals surface area contributed by atoms with Crippen LogP contribution in [0.4, 0.5) is 0 Å². The average Bonchev–Trinajstić information content (AvgIpc) is 3.13. The molecule has 0 radical (unpaired) electrons. The van der Waals surface area contributed by atoms with E-state index < -0.39 is 10.0 Å². The summed E-state index contributed by atoms with van der Waals surface area (Å²) >= 11 is 0. The van der Waals surface area contributed by atoms with E-state index in [4.69, 9.17) is 9.47 Å². The summed E-state index contributed by atoms with van der Waals surface area (Å²) < 4.78 is 41.2. The molecule has 0 saturated carbocycles. The molecule has 2 aliphatic carbocycles. The summed E-state index contributed by atoms with van der Waals surface area (Å²) in [5.74, 6) is 1.60. The van der Waals surface area contributed by atoms with Crippen LogP contribution in [-0.4, -0.2) is 51.6 Å². The molecule has 2 aliphatic heterocycles. The molecule has 31 heavy (non-hydrogen) atoms. The number of sulfonamides is 1. The Labute approximate surface area is 182 Å². The lowest BCUT2D eigenvalue weighted by Crippen LogP contribution is -2.64. The molecule has 0 unspecified atom stereocenters. The molecule has 2 aromatic carbocycles. The van der Waals surface area contributed by atoms with Gasteiger partial charge in [0.25, 0.3) is 0 Å². The summed E-state index contributed by atoms with van der Waals surface area (Å²) in [7, 11) is 0.0567. The van der Waals surface area contributed by atoms with Crippen molar-refractivity contribution in [1.82, 2.24) is 9.62 Å². The fourth-order valence-electron chi connectivity index (χ4n) is 6.35. The summed E-state index contributed by atoms with van der Waals surface area (Å²) in [6, 6.07) is 12.8. The van der Waals surface area contributed by atoms with Gasteiger partial charge in [0, 0.05) is 18.2 Å².